The molecule has 0 saturated heterocycles. The molecule has 0 aliphatic heterocycles. The summed E-state index contributed by atoms with van der Waals surface area (Å²) >= 11 is 0. The van der Waals surface area contributed by atoms with Gasteiger partial charge in [-0.05, 0) is 6.07 Å². The Balaban J connectivity index is 3.09. The van der Waals surface area contributed by atoms with Crippen LogP contribution < -0.4 is 4.98 Å². The van der Waals surface area contributed by atoms with Gasteiger partial charge in [-0.1, -0.05) is 19.6 Å². The molecule has 0 aliphatic rings. The van der Waals surface area contributed by atoms with Crippen LogP contribution in [0.5, 0.6) is 0 Å². The lowest BCUT2D eigenvalue weighted by atomic mass is 10.3. The normalized spacial score (nSPS) is 11.6. The summed E-state index contributed by atoms with van der Waals surface area (Å²) < 4.78 is 38.7. The van der Waals surface area contributed by atoms with Gasteiger partial charge in [0.15, 0.2) is 11.6 Å². The molecule has 0 aromatic heterocycles. The van der Waals surface area contributed by atoms with Crippen molar-refractivity contribution in [2.45, 2.75) is 19.6 Å². The van der Waals surface area contributed by atoms with Crippen molar-refractivity contribution in [3.63, 3.8) is 0 Å². The van der Waals surface area contributed by atoms with Crippen LogP contribution in [0.15, 0.2) is 12.1 Å². The predicted molar refractivity (Wildman–Crippen MR) is 53.3 cm³/mol. The summed E-state index contributed by atoms with van der Waals surface area (Å²) in [5, 5.41) is 0. The molecule has 1 nitrogen and oxygen atoms in total. The average Bonchev–Trinajstić information content (AvgIpc) is 1.96. The third kappa shape index (κ3) is 2.76. The third-order valence-electron chi connectivity index (χ3n) is 1.50. The molecule has 0 fully saturated rings. The molecule has 0 heterocycles. The number of rotatable bonds is 2. The van der Waals surface area contributed by atoms with Gasteiger partial charge in [0.2, 0.25) is 0 Å². The fourth-order valence-electron chi connectivity index (χ4n) is 1.05. The highest BCUT2D eigenvalue weighted by atomic mass is 28.3. The quantitative estimate of drug-likeness (QED) is 0.594. The van der Waals surface area contributed by atoms with Crippen molar-refractivity contribution >= 4 is 13.9 Å². The van der Waals surface area contributed by atoms with Gasteiger partial charge in [-0.25, -0.2) is 13.2 Å². The van der Waals surface area contributed by atoms with Gasteiger partial charge in [0.05, 0.1) is 5.69 Å². The van der Waals surface area contributed by atoms with Crippen LogP contribution in [0.1, 0.15) is 0 Å². The molecule has 1 rings (SSSR count). The van der Waals surface area contributed by atoms with Gasteiger partial charge in [0, 0.05) is 6.07 Å². The number of halogens is 3. The minimum absolute atomic E-state index is 0.0957. The first-order chi connectivity index (χ1) is 6.29. The van der Waals surface area contributed by atoms with E-state index in [1.165, 1.54) is 0 Å². The van der Waals surface area contributed by atoms with E-state index in [0.29, 0.717) is 6.07 Å². The minimum atomic E-state index is -1.80. The largest absolute Gasteiger partial charge is 0.408 e. The molecule has 5 heteroatoms. The molecule has 0 atom stereocenters. The van der Waals surface area contributed by atoms with E-state index in [-0.39, 0.29) is 5.69 Å². The Morgan fingerprint density at radius 3 is 2.14 bits per heavy atom. The maximum absolute atomic E-state index is 13.1. The molecule has 0 amide bonds. The molecule has 1 N–H and O–H groups in total. The molecular weight excluding hydrogens is 207 g/mol. The maximum atomic E-state index is 13.1. The lowest BCUT2D eigenvalue weighted by molar-refractivity contribution is 0.498. The molecule has 0 saturated carbocycles. The summed E-state index contributed by atoms with van der Waals surface area (Å²) in [4.78, 5) is 2.81. The van der Waals surface area contributed by atoms with E-state index in [4.69, 9.17) is 0 Å². The fraction of sp³-hybridized carbons (Fsp3) is 0.333. The molecule has 1 aromatic rings. The summed E-state index contributed by atoms with van der Waals surface area (Å²) in [7, 11) is -1.80. The van der Waals surface area contributed by atoms with Gasteiger partial charge in [-0.3, -0.25) is 0 Å². The summed E-state index contributed by atoms with van der Waals surface area (Å²) in [6.07, 6.45) is 0. The van der Waals surface area contributed by atoms with Gasteiger partial charge in [-0.15, -0.1) is 0 Å². The Morgan fingerprint density at radius 1 is 1.07 bits per heavy atom. The zero-order valence-electron chi connectivity index (χ0n) is 8.29. The zero-order chi connectivity index (χ0) is 10.9. The first kappa shape index (κ1) is 11.1. The summed E-state index contributed by atoms with van der Waals surface area (Å²) in [6, 6.07) is 1.50. The first-order valence-corrected chi connectivity index (χ1v) is 7.72. The van der Waals surface area contributed by atoms with Crippen LogP contribution in [-0.2, 0) is 0 Å². The Hall–Kier alpha value is -0.973. The van der Waals surface area contributed by atoms with Crippen molar-refractivity contribution < 1.29 is 13.2 Å². The number of benzene rings is 1. The van der Waals surface area contributed by atoms with Gasteiger partial charge >= 0.3 is 0 Å². The second kappa shape index (κ2) is 3.65. The fourth-order valence-corrected chi connectivity index (χ4v) is 2.04. The molecule has 0 spiro atoms. The van der Waals surface area contributed by atoms with Crippen LogP contribution in [0.25, 0.3) is 0 Å². The van der Waals surface area contributed by atoms with Gasteiger partial charge in [0.1, 0.15) is 14.1 Å². The van der Waals surface area contributed by atoms with Crippen molar-refractivity contribution in [2.24, 2.45) is 0 Å². The van der Waals surface area contributed by atoms with Crippen LogP contribution in [0.2, 0.25) is 19.6 Å². The molecule has 0 bridgehead atoms. The summed E-state index contributed by atoms with van der Waals surface area (Å²) in [5.41, 5.74) is -0.0957. The highest BCUT2D eigenvalue weighted by Crippen LogP contribution is 2.21. The lowest BCUT2D eigenvalue weighted by Crippen LogP contribution is -2.32. The molecule has 14 heavy (non-hydrogen) atoms. The monoisotopic (exact) mass is 219 g/mol. The Kier molecular flexibility index (Phi) is 2.89. The second-order valence-electron chi connectivity index (χ2n) is 4.12. The molecule has 1 aromatic carbocycles. The topological polar surface area (TPSA) is 12.0 Å². The Morgan fingerprint density at radius 2 is 1.64 bits per heavy atom. The minimum Gasteiger partial charge on any atom is -0.408 e. The SMILES string of the molecule is C[Si](C)(C)Nc1cc(F)cc(F)c1F. The zero-order valence-corrected chi connectivity index (χ0v) is 9.29. The molecule has 0 radical (unpaired) electrons. The Bertz CT molecular complexity index is 347. The van der Waals surface area contributed by atoms with Crippen molar-refractivity contribution in [3.8, 4) is 0 Å². The summed E-state index contributed by atoms with van der Waals surface area (Å²) in [5.74, 6) is -2.95. The highest BCUT2D eigenvalue weighted by molar-refractivity contribution is 6.79. The van der Waals surface area contributed by atoms with Crippen LogP contribution in [-0.4, -0.2) is 8.24 Å². The number of nitrogens with one attached hydrogen (secondary N) is 1. The van der Waals surface area contributed by atoms with E-state index in [1.807, 2.05) is 19.6 Å². The van der Waals surface area contributed by atoms with E-state index in [1.54, 1.807) is 0 Å². The molecule has 0 unspecified atom stereocenters. The summed E-state index contributed by atoms with van der Waals surface area (Å²) in [6.45, 7) is 5.74. The smallest absolute Gasteiger partial charge is 0.181 e. The second-order valence-corrected chi connectivity index (χ2v) is 8.87. The van der Waals surface area contributed by atoms with E-state index >= 15 is 0 Å². The first-order valence-electron chi connectivity index (χ1n) is 4.22. The molecule has 0 aliphatic carbocycles. The number of hydrogen-bond acceptors (Lipinski definition) is 1. The maximum Gasteiger partial charge on any atom is 0.181 e. The van der Waals surface area contributed by atoms with Crippen molar-refractivity contribution in [3.05, 3.63) is 29.6 Å². The van der Waals surface area contributed by atoms with E-state index < -0.39 is 25.7 Å². The van der Waals surface area contributed by atoms with Crippen LogP contribution in [0, 0.1) is 17.5 Å². The van der Waals surface area contributed by atoms with Gasteiger partial charge in [0.25, 0.3) is 0 Å². The van der Waals surface area contributed by atoms with Crippen LogP contribution >= 0.6 is 0 Å². The van der Waals surface area contributed by atoms with E-state index in [0.717, 1.165) is 6.07 Å². The van der Waals surface area contributed by atoms with Crippen molar-refractivity contribution in [1.82, 2.24) is 0 Å². The van der Waals surface area contributed by atoms with Crippen molar-refractivity contribution in [2.75, 3.05) is 4.98 Å². The molecule has 78 valence electrons. The lowest BCUT2D eigenvalue weighted by Gasteiger charge is -2.20. The van der Waals surface area contributed by atoms with Crippen molar-refractivity contribution in [1.29, 1.82) is 0 Å². The third-order valence-corrected chi connectivity index (χ3v) is 2.52. The van der Waals surface area contributed by atoms with Gasteiger partial charge < -0.3 is 4.98 Å². The van der Waals surface area contributed by atoms with Gasteiger partial charge in [-0.2, -0.15) is 0 Å². The highest BCUT2D eigenvalue weighted by Gasteiger charge is 2.18. The van der Waals surface area contributed by atoms with E-state index in [9.17, 15) is 13.2 Å². The average molecular weight is 219 g/mol. The predicted octanol–water partition coefficient (Wildman–Crippen LogP) is 3.35. The van der Waals surface area contributed by atoms with Crippen LogP contribution in [0.4, 0.5) is 18.9 Å². The Labute approximate surface area is 82.0 Å². The van der Waals surface area contributed by atoms with E-state index in [2.05, 4.69) is 4.98 Å². The number of hydrogen-bond donors (Lipinski definition) is 1. The standard InChI is InChI=1S/C9H12F3NSi/c1-14(2,3)13-8-5-6(10)4-7(11)9(8)12/h4-5,13H,1-3H3. The molecular formula is C9H12F3NSi. The number of anilines is 1. The van der Waals surface area contributed by atoms with Crippen LogP contribution in [0.3, 0.4) is 0 Å².